The van der Waals surface area contributed by atoms with Crippen LogP contribution >= 0.6 is 0 Å². The third-order valence-electron chi connectivity index (χ3n) is 2.41. The molecule has 0 aliphatic heterocycles. The molecule has 0 amide bonds. The topological polar surface area (TPSA) is 50.9 Å². The predicted molar refractivity (Wildman–Crippen MR) is 65.9 cm³/mol. The highest BCUT2D eigenvalue weighted by Gasteiger charge is 2.00. The van der Waals surface area contributed by atoms with E-state index in [0.717, 1.165) is 17.9 Å². The average molecular weight is 213 g/mol. The molecular weight excluding hydrogens is 198 g/mol. The van der Waals surface area contributed by atoms with Gasteiger partial charge in [-0.05, 0) is 11.6 Å². The molecule has 16 heavy (non-hydrogen) atoms. The lowest BCUT2D eigenvalue weighted by molar-refractivity contribution is 1.02. The van der Waals surface area contributed by atoms with Crippen LogP contribution in [-0.2, 0) is 13.1 Å². The first-order valence-corrected chi connectivity index (χ1v) is 5.32. The highest BCUT2D eigenvalue weighted by molar-refractivity contribution is 5.44. The summed E-state index contributed by atoms with van der Waals surface area (Å²) in [6, 6.07) is 14.1. The van der Waals surface area contributed by atoms with E-state index in [1.54, 1.807) is 6.20 Å². The summed E-state index contributed by atoms with van der Waals surface area (Å²) in [5.41, 5.74) is 7.91. The third-order valence-corrected chi connectivity index (χ3v) is 2.41. The van der Waals surface area contributed by atoms with Crippen LogP contribution in [0.5, 0.6) is 0 Å². The van der Waals surface area contributed by atoms with Gasteiger partial charge < -0.3 is 11.1 Å². The second kappa shape index (κ2) is 5.28. The molecule has 1 heterocycles. The van der Waals surface area contributed by atoms with Crippen LogP contribution in [0.4, 0.5) is 5.82 Å². The summed E-state index contributed by atoms with van der Waals surface area (Å²) < 4.78 is 0. The maximum atomic E-state index is 5.64. The summed E-state index contributed by atoms with van der Waals surface area (Å²) in [7, 11) is 0. The zero-order valence-electron chi connectivity index (χ0n) is 9.06. The van der Waals surface area contributed by atoms with Crippen LogP contribution in [0.3, 0.4) is 0 Å². The summed E-state index contributed by atoms with van der Waals surface area (Å²) in [6.45, 7) is 1.27. The van der Waals surface area contributed by atoms with Gasteiger partial charge in [-0.3, -0.25) is 0 Å². The van der Waals surface area contributed by atoms with Gasteiger partial charge in [0.25, 0.3) is 0 Å². The summed E-state index contributed by atoms with van der Waals surface area (Å²) in [6.07, 6.45) is 1.77. The SMILES string of the molecule is NCc1cccnc1NCc1ccccc1. The lowest BCUT2D eigenvalue weighted by Crippen LogP contribution is -2.07. The first-order valence-electron chi connectivity index (χ1n) is 5.32. The second-order valence-corrected chi connectivity index (χ2v) is 3.55. The molecule has 2 aromatic rings. The van der Waals surface area contributed by atoms with Gasteiger partial charge in [0.1, 0.15) is 5.82 Å². The fourth-order valence-electron chi connectivity index (χ4n) is 1.54. The predicted octanol–water partition coefficient (Wildman–Crippen LogP) is 2.15. The highest BCUT2D eigenvalue weighted by atomic mass is 15.0. The minimum Gasteiger partial charge on any atom is -0.366 e. The Balaban J connectivity index is 2.05. The number of nitrogens with two attached hydrogens (primary N) is 1. The molecular formula is C13H15N3. The number of hydrogen-bond acceptors (Lipinski definition) is 3. The van der Waals surface area contributed by atoms with E-state index in [2.05, 4.69) is 22.4 Å². The molecule has 3 N–H and O–H groups in total. The van der Waals surface area contributed by atoms with Crippen molar-refractivity contribution in [3.05, 3.63) is 59.8 Å². The first kappa shape index (κ1) is 10.6. The number of hydrogen-bond donors (Lipinski definition) is 2. The minimum absolute atomic E-state index is 0.505. The summed E-state index contributed by atoms with van der Waals surface area (Å²) in [5, 5.41) is 3.29. The Hall–Kier alpha value is -1.87. The molecule has 3 nitrogen and oxygen atoms in total. The van der Waals surface area contributed by atoms with Gasteiger partial charge in [-0.2, -0.15) is 0 Å². The highest BCUT2D eigenvalue weighted by Crippen LogP contribution is 2.11. The fraction of sp³-hybridized carbons (Fsp3) is 0.154. The Morgan fingerprint density at radius 3 is 2.62 bits per heavy atom. The molecule has 0 fully saturated rings. The number of benzene rings is 1. The number of aromatic nitrogens is 1. The smallest absolute Gasteiger partial charge is 0.130 e. The standard InChI is InChI=1S/C13H15N3/c14-9-12-7-4-8-15-13(12)16-10-11-5-2-1-3-6-11/h1-8H,9-10,14H2,(H,15,16). The number of pyridine rings is 1. The molecule has 0 atom stereocenters. The van der Waals surface area contributed by atoms with Gasteiger partial charge in [0.05, 0.1) is 0 Å². The molecule has 0 aliphatic rings. The molecule has 1 aromatic heterocycles. The Morgan fingerprint density at radius 2 is 1.88 bits per heavy atom. The fourth-order valence-corrected chi connectivity index (χ4v) is 1.54. The lowest BCUT2D eigenvalue weighted by atomic mass is 10.2. The number of anilines is 1. The van der Waals surface area contributed by atoms with E-state index < -0.39 is 0 Å². The van der Waals surface area contributed by atoms with Crippen LogP contribution in [0.2, 0.25) is 0 Å². The van der Waals surface area contributed by atoms with Crippen LogP contribution in [0.1, 0.15) is 11.1 Å². The Morgan fingerprint density at radius 1 is 1.06 bits per heavy atom. The van der Waals surface area contributed by atoms with Gasteiger partial charge in [-0.1, -0.05) is 36.4 Å². The molecule has 82 valence electrons. The van der Waals surface area contributed by atoms with E-state index in [0.29, 0.717) is 6.54 Å². The van der Waals surface area contributed by atoms with Gasteiger partial charge in [0.15, 0.2) is 0 Å². The van der Waals surface area contributed by atoms with E-state index in [1.165, 1.54) is 5.56 Å². The maximum Gasteiger partial charge on any atom is 0.130 e. The molecule has 0 radical (unpaired) electrons. The van der Waals surface area contributed by atoms with E-state index in [-0.39, 0.29) is 0 Å². The summed E-state index contributed by atoms with van der Waals surface area (Å²) in [5.74, 6) is 0.869. The molecule has 1 aromatic carbocycles. The molecule has 0 saturated heterocycles. The van der Waals surface area contributed by atoms with E-state index in [9.17, 15) is 0 Å². The van der Waals surface area contributed by atoms with Crippen LogP contribution in [0.15, 0.2) is 48.7 Å². The van der Waals surface area contributed by atoms with Gasteiger partial charge in [0.2, 0.25) is 0 Å². The van der Waals surface area contributed by atoms with Gasteiger partial charge in [0, 0.05) is 24.8 Å². The summed E-state index contributed by atoms with van der Waals surface area (Å²) >= 11 is 0. The quantitative estimate of drug-likeness (QED) is 0.818. The Bertz CT molecular complexity index is 440. The van der Waals surface area contributed by atoms with Crippen LogP contribution in [0, 0.1) is 0 Å². The average Bonchev–Trinajstić information content (AvgIpc) is 2.38. The van der Waals surface area contributed by atoms with Crippen molar-refractivity contribution >= 4 is 5.82 Å². The van der Waals surface area contributed by atoms with Gasteiger partial charge in [-0.15, -0.1) is 0 Å². The number of nitrogens with one attached hydrogen (secondary N) is 1. The Kier molecular flexibility index (Phi) is 3.51. The summed E-state index contributed by atoms with van der Waals surface area (Å²) in [4.78, 5) is 4.27. The zero-order valence-corrected chi connectivity index (χ0v) is 9.06. The van der Waals surface area contributed by atoms with Crippen molar-refractivity contribution in [3.63, 3.8) is 0 Å². The maximum absolute atomic E-state index is 5.64. The zero-order chi connectivity index (χ0) is 11.2. The van der Waals surface area contributed by atoms with Gasteiger partial charge >= 0.3 is 0 Å². The van der Waals surface area contributed by atoms with Crippen molar-refractivity contribution in [1.29, 1.82) is 0 Å². The largest absolute Gasteiger partial charge is 0.366 e. The molecule has 0 spiro atoms. The van der Waals surface area contributed by atoms with E-state index in [1.807, 2.05) is 30.3 Å². The molecule has 3 heteroatoms. The van der Waals surface area contributed by atoms with Crippen molar-refractivity contribution in [2.24, 2.45) is 5.73 Å². The van der Waals surface area contributed by atoms with E-state index in [4.69, 9.17) is 5.73 Å². The monoisotopic (exact) mass is 213 g/mol. The van der Waals surface area contributed by atoms with E-state index >= 15 is 0 Å². The minimum atomic E-state index is 0.505. The van der Waals surface area contributed by atoms with Crippen molar-refractivity contribution in [2.75, 3.05) is 5.32 Å². The normalized spacial score (nSPS) is 10.1. The van der Waals surface area contributed by atoms with Crippen molar-refractivity contribution in [2.45, 2.75) is 13.1 Å². The van der Waals surface area contributed by atoms with Crippen molar-refractivity contribution < 1.29 is 0 Å². The molecule has 0 aliphatic carbocycles. The van der Waals surface area contributed by atoms with Crippen LogP contribution in [-0.4, -0.2) is 4.98 Å². The number of rotatable bonds is 4. The molecule has 0 unspecified atom stereocenters. The van der Waals surface area contributed by atoms with Crippen molar-refractivity contribution in [3.8, 4) is 0 Å². The molecule has 0 bridgehead atoms. The molecule has 0 saturated carbocycles. The Labute approximate surface area is 95.3 Å². The second-order valence-electron chi connectivity index (χ2n) is 3.55. The van der Waals surface area contributed by atoms with Crippen LogP contribution < -0.4 is 11.1 Å². The lowest BCUT2D eigenvalue weighted by Gasteiger charge is -2.09. The molecule has 2 rings (SSSR count). The first-order chi connectivity index (χ1) is 7.90. The van der Waals surface area contributed by atoms with Crippen LogP contribution in [0.25, 0.3) is 0 Å². The van der Waals surface area contributed by atoms with Crippen molar-refractivity contribution in [1.82, 2.24) is 4.98 Å². The number of nitrogens with zero attached hydrogens (tertiary/aromatic N) is 1. The van der Waals surface area contributed by atoms with Gasteiger partial charge in [-0.25, -0.2) is 4.98 Å². The third kappa shape index (κ3) is 2.58.